The summed E-state index contributed by atoms with van der Waals surface area (Å²) in [5.74, 6) is 0.496. The lowest BCUT2D eigenvalue weighted by atomic mass is 9.80. The van der Waals surface area contributed by atoms with Crippen LogP contribution in [-0.4, -0.2) is 35.2 Å². The molecule has 0 saturated carbocycles. The van der Waals surface area contributed by atoms with E-state index >= 15 is 0 Å². The van der Waals surface area contributed by atoms with Crippen molar-refractivity contribution < 1.29 is 14.6 Å². The number of ether oxygens (including phenoxy) is 1. The molecule has 2 aromatic carbocycles. The first-order valence-electron chi connectivity index (χ1n) is 10.0. The van der Waals surface area contributed by atoms with E-state index in [9.17, 15) is 9.90 Å². The number of amides is 2. The van der Waals surface area contributed by atoms with Crippen LogP contribution in [0.2, 0.25) is 5.02 Å². The van der Waals surface area contributed by atoms with Crippen molar-refractivity contribution in [3.05, 3.63) is 64.2 Å². The van der Waals surface area contributed by atoms with Crippen LogP contribution < -0.4 is 10.1 Å². The van der Waals surface area contributed by atoms with Crippen molar-refractivity contribution in [3.8, 4) is 11.8 Å². The first kappa shape index (κ1) is 20.5. The Balaban J connectivity index is 1.43. The second kappa shape index (κ2) is 8.17. The minimum absolute atomic E-state index is 0.0000657. The zero-order valence-electron chi connectivity index (χ0n) is 16.8. The fourth-order valence-electron chi connectivity index (χ4n) is 4.76. The number of carbonyl (C=O) groups excluding carboxylic acids is 1. The molecule has 2 N–H and O–H groups in total. The van der Waals surface area contributed by atoms with Gasteiger partial charge in [-0.3, -0.25) is 0 Å². The van der Waals surface area contributed by atoms with Crippen LogP contribution in [0.25, 0.3) is 0 Å². The van der Waals surface area contributed by atoms with E-state index in [0.29, 0.717) is 35.7 Å². The van der Waals surface area contributed by atoms with Crippen LogP contribution >= 0.6 is 11.6 Å². The highest BCUT2D eigenvalue weighted by Crippen LogP contribution is 2.45. The lowest BCUT2D eigenvalue weighted by molar-refractivity contribution is -0.0437. The number of rotatable bonds is 4. The summed E-state index contributed by atoms with van der Waals surface area (Å²) >= 11 is 5.99. The van der Waals surface area contributed by atoms with Gasteiger partial charge in [0.05, 0.1) is 18.3 Å². The van der Waals surface area contributed by atoms with Crippen LogP contribution in [0.4, 0.5) is 4.79 Å². The highest BCUT2D eigenvalue weighted by Gasteiger charge is 2.50. The number of aliphatic hydroxyl groups is 1. The number of halogens is 1. The maximum absolute atomic E-state index is 12.9. The van der Waals surface area contributed by atoms with Crippen LogP contribution in [0.15, 0.2) is 42.5 Å². The molecule has 30 heavy (non-hydrogen) atoms. The number of piperidine rings is 1. The van der Waals surface area contributed by atoms with Gasteiger partial charge in [-0.15, -0.1) is 0 Å². The van der Waals surface area contributed by atoms with Crippen LogP contribution in [0.3, 0.4) is 0 Å². The molecule has 0 radical (unpaired) electrons. The van der Waals surface area contributed by atoms with Crippen molar-refractivity contribution in [2.75, 3.05) is 7.11 Å². The van der Waals surface area contributed by atoms with Crippen molar-refractivity contribution >= 4 is 17.6 Å². The molecule has 2 heterocycles. The summed E-state index contributed by atoms with van der Waals surface area (Å²) in [6, 6.07) is 14.6. The molecule has 7 heteroatoms. The molecule has 2 aliphatic rings. The van der Waals surface area contributed by atoms with Crippen LogP contribution in [0, 0.1) is 11.3 Å². The minimum atomic E-state index is -0.937. The van der Waals surface area contributed by atoms with Gasteiger partial charge in [0.15, 0.2) is 0 Å². The monoisotopic (exact) mass is 425 g/mol. The van der Waals surface area contributed by atoms with E-state index in [1.807, 2.05) is 23.1 Å². The largest absolute Gasteiger partial charge is 0.495 e. The smallest absolute Gasteiger partial charge is 0.318 e. The molecule has 2 atom stereocenters. The predicted octanol–water partition coefficient (Wildman–Crippen LogP) is 3.94. The molecule has 2 aromatic rings. The molecule has 2 fully saturated rings. The second-order valence-electron chi connectivity index (χ2n) is 8.04. The van der Waals surface area contributed by atoms with Crippen LogP contribution in [0.1, 0.15) is 42.4 Å². The molecule has 4 rings (SSSR count). The fraction of sp³-hybridized carbons (Fsp3) is 0.391. The highest BCUT2D eigenvalue weighted by molar-refractivity contribution is 6.30. The number of carbonyl (C=O) groups is 1. The van der Waals surface area contributed by atoms with Crippen molar-refractivity contribution in [1.29, 1.82) is 5.26 Å². The van der Waals surface area contributed by atoms with Crippen LogP contribution in [-0.2, 0) is 12.1 Å². The van der Waals surface area contributed by atoms with E-state index in [1.165, 1.54) is 7.11 Å². The summed E-state index contributed by atoms with van der Waals surface area (Å²) in [4.78, 5) is 14.8. The van der Waals surface area contributed by atoms with Crippen LogP contribution in [0.5, 0.6) is 5.75 Å². The van der Waals surface area contributed by atoms with Gasteiger partial charge in [-0.2, -0.15) is 5.26 Å². The Bertz CT molecular complexity index is 972. The Morgan fingerprint density at radius 1 is 1.27 bits per heavy atom. The third-order valence-electron chi connectivity index (χ3n) is 6.21. The number of urea groups is 1. The van der Waals surface area contributed by atoms with E-state index in [4.69, 9.17) is 21.6 Å². The van der Waals surface area contributed by atoms with E-state index in [0.717, 1.165) is 24.0 Å². The average molecular weight is 426 g/mol. The summed E-state index contributed by atoms with van der Waals surface area (Å²) in [6.07, 6.45) is 2.81. The Morgan fingerprint density at radius 2 is 1.93 bits per heavy atom. The van der Waals surface area contributed by atoms with Gasteiger partial charge in [0.2, 0.25) is 0 Å². The van der Waals surface area contributed by atoms with E-state index in [1.54, 1.807) is 24.3 Å². The van der Waals surface area contributed by atoms with Gasteiger partial charge in [-0.25, -0.2) is 4.79 Å². The number of fused-ring (bicyclic) bond motifs is 2. The van der Waals surface area contributed by atoms with Gasteiger partial charge in [-0.05, 0) is 48.2 Å². The number of hydrogen-bond donors (Lipinski definition) is 2. The summed E-state index contributed by atoms with van der Waals surface area (Å²) in [6.45, 7) is 0.346. The van der Waals surface area contributed by atoms with Gasteiger partial charge >= 0.3 is 6.03 Å². The van der Waals surface area contributed by atoms with E-state index in [2.05, 4.69) is 11.4 Å². The maximum atomic E-state index is 12.9. The molecule has 6 nitrogen and oxygen atoms in total. The summed E-state index contributed by atoms with van der Waals surface area (Å²) in [5, 5.41) is 24.0. The topological polar surface area (TPSA) is 85.6 Å². The normalized spacial score (nSPS) is 24.9. The van der Waals surface area contributed by atoms with E-state index < -0.39 is 5.60 Å². The third-order valence-corrected chi connectivity index (χ3v) is 6.46. The molecular formula is C23H24ClN3O3. The molecule has 0 aliphatic carbocycles. The van der Waals surface area contributed by atoms with Crippen molar-refractivity contribution in [3.63, 3.8) is 0 Å². The summed E-state index contributed by atoms with van der Waals surface area (Å²) in [7, 11) is 1.52. The average Bonchev–Trinajstić information content (AvgIpc) is 3.04. The number of hydrogen-bond acceptors (Lipinski definition) is 4. The minimum Gasteiger partial charge on any atom is -0.495 e. The summed E-state index contributed by atoms with van der Waals surface area (Å²) < 4.78 is 5.23. The molecule has 2 aliphatic heterocycles. The number of methoxy groups -OCH3 is 1. The first-order chi connectivity index (χ1) is 14.4. The molecule has 0 aromatic heterocycles. The van der Waals surface area contributed by atoms with Gasteiger partial charge in [0.1, 0.15) is 11.8 Å². The quantitative estimate of drug-likeness (QED) is 0.776. The Kier molecular flexibility index (Phi) is 5.59. The Morgan fingerprint density at radius 3 is 2.53 bits per heavy atom. The molecular weight excluding hydrogens is 402 g/mol. The van der Waals surface area contributed by atoms with Gasteiger partial charge in [0, 0.05) is 36.5 Å². The molecule has 2 amide bonds. The fourth-order valence-corrected chi connectivity index (χ4v) is 4.89. The Hall–Kier alpha value is -2.75. The molecule has 2 unspecified atom stereocenters. The van der Waals surface area contributed by atoms with Crippen molar-refractivity contribution in [2.24, 2.45) is 0 Å². The lowest BCUT2D eigenvalue weighted by Crippen LogP contribution is -2.54. The molecule has 0 spiro atoms. The zero-order valence-corrected chi connectivity index (χ0v) is 17.5. The number of benzene rings is 2. The Labute approximate surface area is 181 Å². The second-order valence-corrected chi connectivity index (χ2v) is 8.48. The van der Waals surface area contributed by atoms with Gasteiger partial charge in [-0.1, -0.05) is 29.8 Å². The zero-order chi connectivity index (χ0) is 21.3. The number of nitrogens with zero attached hydrogens (tertiary/aromatic N) is 2. The van der Waals surface area contributed by atoms with Crippen molar-refractivity contribution in [2.45, 2.75) is 49.9 Å². The maximum Gasteiger partial charge on any atom is 0.318 e. The summed E-state index contributed by atoms with van der Waals surface area (Å²) in [5.41, 5.74) is 1.24. The molecule has 2 saturated heterocycles. The van der Waals surface area contributed by atoms with E-state index in [-0.39, 0.29) is 18.1 Å². The number of nitriles is 1. The van der Waals surface area contributed by atoms with Gasteiger partial charge < -0.3 is 20.1 Å². The molecule has 2 bridgehead atoms. The lowest BCUT2D eigenvalue weighted by Gasteiger charge is -2.44. The first-order valence-corrected chi connectivity index (χ1v) is 10.4. The predicted molar refractivity (Wildman–Crippen MR) is 113 cm³/mol. The highest BCUT2D eigenvalue weighted by atomic mass is 35.5. The SMILES string of the molecule is COc1cc(CNC(=O)N2C3CCC2CC(O)(c2ccc(Cl)cc2)C3)ccc1C#N. The third kappa shape index (κ3) is 3.83. The standard InChI is InChI=1S/C23H24ClN3O3/c1-30-21-10-15(2-3-16(21)13-25)14-26-22(28)27-19-8-9-20(27)12-23(29,11-19)17-4-6-18(24)7-5-17/h2-7,10,19-20,29H,8-9,11-12,14H2,1H3,(H,26,28). The molecule has 156 valence electrons. The van der Waals surface area contributed by atoms with Gasteiger partial charge in [0.25, 0.3) is 0 Å². The number of nitrogens with one attached hydrogen (secondary N) is 1. The van der Waals surface area contributed by atoms with Crippen molar-refractivity contribution in [1.82, 2.24) is 10.2 Å².